The van der Waals surface area contributed by atoms with E-state index in [0.29, 0.717) is 10.0 Å². The molecule has 0 aliphatic carbocycles. The van der Waals surface area contributed by atoms with Gasteiger partial charge in [0.05, 0.1) is 34.2 Å². The number of benzene rings is 1. The Labute approximate surface area is 116 Å². The summed E-state index contributed by atoms with van der Waals surface area (Å²) in [7, 11) is 0. The lowest BCUT2D eigenvalue weighted by molar-refractivity contribution is 0.748. The fourth-order valence-electron chi connectivity index (χ4n) is 1.73. The molecule has 1 unspecified atom stereocenters. The first-order valence-electron chi connectivity index (χ1n) is 5.67. The van der Waals surface area contributed by atoms with Gasteiger partial charge in [-0.3, -0.25) is 0 Å². The summed E-state index contributed by atoms with van der Waals surface area (Å²) in [6, 6.07) is 5.82. The van der Waals surface area contributed by atoms with E-state index in [1.807, 2.05) is 18.2 Å². The molecule has 0 fully saturated rings. The van der Waals surface area contributed by atoms with E-state index in [1.54, 1.807) is 12.4 Å². The standard InChI is InChI=1S/C13H13Cl2N3/c1-2-13(18-10-6-16-8-17-7-10)9-3-4-11(14)12(15)5-9/h3-8,13,18H,2H2,1H3. The van der Waals surface area contributed by atoms with Crippen molar-refractivity contribution in [2.45, 2.75) is 19.4 Å². The Morgan fingerprint density at radius 2 is 1.89 bits per heavy atom. The van der Waals surface area contributed by atoms with Crippen molar-refractivity contribution in [3.05, 3.63) is 52.5 Å². The summed E-state index contributed by atoms with van der Waals surface area (Å²) in [5.74, 6) is 0. The summed E-state index contributed by atoms with van der Waals surface area (Å²) >= 11 is 11.9. The first kappa shape index (κ1) is 13.1. The second kappa shape index (κ2) is 6.03. The van der Waals surface area contributed by atoms with Gasteiger partial charge in [-0.05, 0) is 24.1 Å². The summed E-state index contributed by atoms with van der Waals surface area (Å²) in [4.78, 5) is 7.95. The van der Waals surface area contributed by atoms with E-state index in [-0.39, 0.29) is 6.04 Å². The van der Waals surface area contributed by atoms with Gasteiger partial charge < -0.3 is 5.32 Å². The molecule has 5 heteroatoms. The highest BCUT2D eigenvalue weighted by molar-refractivity contribution is 6.42. The minimum Gasteiger partial charge on any atom is -0.376 e. The Kier molecular flexibility index (Phi) is 4.39. The molecule has 1 aromatic carbocycles. The van der Waals surface area contributed by atoms with Crippen LogP contribution in [0.15, 0.2) is 36.9 Å². The molecule has 1 heterocycles. The van der Waals surface area contributed by atoms with Gasteiger partial charge in [-0.25, -0.2) is 9.97 Å². The third-order valence-electron chi connectivity index (χ3n) is 2.66. The quantitative estimate of drug-likeness (QED) is 0.906. The van der Waals surface area contributed by atoms with Gasteiger partial charge in [0.15, 0.2) is 0 Å². The fourth-order valence-corrected chi connectivity index (χ4v) is 2.03. The minimum absolute atomic E-state index is 0.158. The molecule has 2 aromatic rings. The van der Waals surface area contributed by atoms with Crippen LogP contribution in [0.25, 0.3) is 0 Å². The maximum atomic E-state index is 6.03. The Morgan fingerprint density at radius 1 is 1.17 bits per heavy atom. The van der Waals surface area contributed by atoms with E-state index in [9.17, 15) is 0 Å². The summed E-state index contributed by atoms with van der Waals surface area (Å²) < 4.78 is 0. The first-order valence-corrected chi connectivity index (χ1v) is 6.42. The van der Waals surface area contributed by atoms with Crippen LogP contribution in [0.5, 0.6) is 0 Å². The van der Waals surface area contributed by atoms with Crippen LogP contribution in [0.3, 0.4) is 0 Å². The number of rotatable bonds is 4. The SMILES string of the molecule is CCC(Nc1cncnc1)c1ccc(Cl)c(Cl)c1. The molecule has 1 aromatic heterocycles. The van der Waals surface area contributed by atoms with E-state index >= 15 is 0 Å². The van der Waals surface area contributed by atoms with Gasteiger partial charge in [-0.2, -0.15) is 0 Å². The Balaban J connectivity index is 2.20. The maximum Gasteiger partial charge on any atom is 0.115 e. The van der Waals surface area contributed by atoms with Crippen LogP contribution in [0, 0.1) is 0 Å². The molecule has 2 rings (SSSR count). The van der Waals surface area contributed by atoms with Gasteiger partial charge in [0.1, 0.15) is 6.33 Å². The van der Waals surface area contributed by atoms with Crippen molar-refractivity contribution in [3.8, 4) is 0 Å². The van der Waals surface area contributed by atoms with E-state index in [1.165, 1.54) is 6.33 Å². The predicted octanol–water partition coefficient (Wildman–Crippen LogP) is 4.35. The average Bonchev–Trinajstić information content (AvgIpc) is 2.40. The largest absolute Gasteiger partial charge is 0.376 e. The fraction of sp³-hybridized carbons (Fsp3) is 0.231. The van der Waals surface area contributed by atoms with Crippen LogP contribution < -0.4 is 5.32 Å². The Morgan fingerprint density at radius 3 is 2.50 bits per heavy atom. The number of hydrogen-bond acceptors (Lipinski definition) is 3. The first-order chi connectivity index (χ1) is 8.70. The number of nitrogens with zero attached hydrogens (tertiary/aromatic N) is 2. The molecule has 94 valence electrons. The van der Waals surface area contributed by atoms with Gasteiger partial charge in [0, 0.05) is 0 Å². The van der Waals surface area contributed by atoms with Crippen molar-refractivity contribution in [1.29, 1.82) is 0 Å². The van der Waals surface area contributed by atoms with Crippen LogP contribution in [0.2, 0.25) is 10.0 Å². The van der Waals surface area contributed by atoms with Crippen LogP contribution >= 0.6 is 23.2 Å². The predicted molar refractivity (Wildman–Crippen MR) is 75.1 cm³/mol. The van der Waals surface area contributed by atoms with Crippen LogP contribution in [0.1, 0.15) is 24.9 Å². The minimum atomic E-state index is 0.158. The summed E-state index contributed by atoms with van der Waals surface area (Å²) in [6.07, 6.45) is 5.92. The third-order valence-corrected chi connectivity index (χ3v) is 3.39. The highest BCUT2D eigenvalue weighted by atomic mass is 35.5. The van der Waals surface area contributed by atoms with Crippen molar-refractivity contribution in [1.82, 2.24) is 9.97 Å². The molecule has 0 bridgehead atoms. The molecule has 0 aliphatic rings. The van der Waals surface area contributed by atoms with Crippen LogP contribution in [-0.2, 0) is 0 Å². The van der Waals surface area contributed by atoms with E-state index < -0.39 is 0 Å². The number of halogens is 2. The van der Waals surface area contributed by atoms with Crippen molar-refractivity contribution < 1.29 is 0 Å². The van der Waals surface area contributed by atoms with Gasteiger partial charge in [-0.1, -0.05) is 36.2 Å². The van der Waals surface area contributed by atoms with Gasteiger partial charge in [0.2, 0.25) is 0 Å². The van der Waals surface area contributed by atoms with Crippen molar-refractivity contribution >= 4 is 28.9 Å². The molecule has 0 saturated carbocycles. The molecular formula is C13H13Cl2N3. The number of aromatic nitrogens is 2. The molecule has 0 spiro atoms. The van der Waals surface area contributed by atoms with Crippen molar-refractivity contribution in [3.63, 3.8) is 0 Å². The van der Waals surface area contributed by atoms with Gasteiger partial charge >= 0.3 is 0 Å². The second-order valence-electron chi connectivity index (χ2n) is 3.91. The zero-order valence-electron chi connectivity index (χ0n) is 9.90. The molecule has 0 aliphatic heterocycles. The molecule has 0 saturated heterocycles. The number of anilines is 1. The topological polar surface area (TPSA) is 37.8 Å². The molecular weight excluding hydrogens is 269 g/mol. The molecule has 18 heavy (non-hydrogen) atoms. The lowest BCUT2D eigenvalue weighted by Crippen LogP contribution is -2.10. The maximum absolute atomic E-state index is 6.03. The Bertz CT molecular complexity index is 517. The Hall–Kier alpha value is -1.32. The third kappa shape index (κ3) is 3.12. The highest BCUT2D eigenvalue weighted by Gasteiger charge is 2.11. The summed E-state index contributed by atoms with van der Waals surface area (Å²) in [6.45, 7) is 2.10. The normalized spacial score (nSPS) is 12.2. The lowest BCUT2D eigenvalue weighted by Gasteiger charge is -2.18. The molecule has 0 radical (unpaired) electrons. The second-order valence-corrected chi connectivity index (χ2v) is 4.72. The van der Waals surface area contributed by atoms with Crippen LogP contribution in [0.4, 0.5) is 5.69 Å². The van der Waals surface area contributed by atoms with Crippen LogP contribution in [-0.4, -0.2) is 9.97 Å². The summed E-state index contributed by atoms with van der Waals surface area (Å²) in [5.41, 5.74) is 1.98. The lowest BCUT2D eigenvalue weighted by atomic mass is 10.0. The molecule has 1 atom stereocenters. The van der Waals surface area contributed by atoms with E-state index in [2.05, 4.69) is 22.2 Å². The molecule has 1 N–H and O–H groups in total. The van der Waals surface area contributed by atoms with Gasteiger partial charge in [-0.15, -0.1) is 0 Å². The number of hydrogen-bond donors (Lipinski definition) is 1. The number of nitrogens with one attached hydrogen (secondary N) is 1. The highest BCUT2D eigenvalue weighted by Crippen LogP contribution is 2.28. The van der Waals surface area contributed by atoms with Crippen molar-refractivity contribution in [2.75, 3.05) is 5.32 Å². The smallest absolute Gasteiger partial charge is 0.115 e. The van der Waals surface area contributed by atoms with E-state index in [0.717, 1.165) is 17.7 Å². The zero-order chi connectivity index (χ0) is 13.0. The zero-order valence-corrected chi connectivity index (χ0v) is 11.4. The summed E-state index contributed by atoms with van der Waals surface area (Å²) in [5, 5.41) is 4.50. The van der Waals surface area contributed by atoms with Crippen molar-refractivity contribution in [2.24, 2.45) is 0 Å². The van der Waals surface area contributed by atoms with Gasteiger partial charge in [0.25, 0.3) is 0 Å². The monoisotopic (exact) mass is 281 g/mol. The average molecular weight is 282 g/mol. The molecule has 0 amide bonds. The van der Waals surface area contributed by atoms with E-state index in [4.69, 9.17) is 23.2 Å². The molecule has 3 nitrogen and oxygen atoms in total.